The standard InChI is InChI=1S/C15H23N3O2/c1-11-6-5-7-12(10-11)18-14(16)17-9-8-13(19)20-15(2,3)4/h5-7,10H,8-9H2,1-4H3,(H3,16,17,18). The molecule has 0 aliphatic carbocycles. The van der Waals surface area contributed by atoms with Crippen LogP contribution in [0.3, 0.4) is 0 Å². The van der Waals surface area contributed by atoms with Crippen LogP contribution in [0.2, 0.25) is 0 Å². The molecule has 110 valence electrons. The van der Waals surface area contributed by atoms with Crippen molar-refractivity contribution >= 4 is 17.6 Å². The van der Waals surface area contributed by atoms with Gasteiger partial charge in [0.15, 0.2) is 5.96 Å². The number of aryl methyl sites for hydroxylation is 1. The van der Waals surface area contributed by atoms with E-state index < -0.39 is 5.60 Å². The van der Waals surface area contributed by atoms with Crippen molar-refractivity contribution in [1.29, 1.82) is 0 Å². The van der Waals surface area contributed by atoms with E-state index in [0.29, 0.717) is 12.5 Å². The van der Waals surface area contributed by atoms with E-state index >= 15 is 0 Å². The highest BCUT2D eigenvalue weighted by Crippen LogP contribution is 2.09. The minimum absolute atomic E-state index is 0.216. The average Bonchev–Trinajstić information content (AvgIpc) is 2.26. The van der Waals surface area contributed by atoms with Gasteiger partial charge in [-0.05, 0) is 45.4 Å². The molecule has 1 rings (SSSR count). The lowest BCUT2D eigenvalue weighted by molar-refractivity contribution is -0.154. The van der Waals surface area contributed by atoms with Crippen molar-refractivity contribution in [2.45, 2.75) is 39.7 Å². The summed E-state index contributed by atoms with van der Waals surface area (Å²) in [7, 11) is 0. The molecule has 5 heteroatoms. The van der Waals surface area contributed by atoms with Crippen molar-refractivity contribution in [1.82, 2.24) is 0 Å². The second-order valence-electron chi connectivity index (χ2n) is 5.60. The highest BCUT2D eigenvalue weighted by Gasteiger charge is 2.15. The molecule has 1 aromatic carbocycles. The summed E-state index contributed by atoms with van der Waals surface area (Å²) in [4.78, 5) is 15.6. The molecule has 0 bridgehead atoms. The van der Waals surface area contributed by atoms with E-state index in [1.165, 1.54) is 0 Å². The molecule has 0 aromatic heterocycles. The summed E-state index contributed by atoms with van der Waals surface area (Å²) in [5.74, 6) is 0.0174. The number of hydrogen-bond acceptors (Lipinski definition) is 3. The number of esters is 1. The first kappa shape index (κ1) is 16.0. The van der Waals surface area contributed by atoms with Gasteiger partial charge < -0.3 is 15.8 Å². The van der Waals surface area contributed by atoms with Crippen molar-refractivity contribution in [2.24, 2.45) is 10.7 Å². The normalized spacial score (nSPS) is 12.1. The number of nitrogens with zero attached hydrogens (tertiary/aromatic N) is 1. The molecule has 0 aliphatic heterocycles. The molecular formula is C15H23N3O2. The lowest BCUT2D eigenvalue weighted by Crippen LogP contribution is -2.25. The van der Waals surface area contributed by atoms with Gasteiger partial charge in [-0.25, -0.2) is 0 Å². The van der Waals surface area contributed by atoms with Gasteiger partial charge in [0.1, 0.15) is 5.60 Å². The van der Waals surface area contributed by atoms with Gasteiger partial charge in [-0.1, -0.05) is 12.1 Å². The van der Waals surface area contributed by atoms with Crippen LogP contribution in [0.1, 0.15) is 32.8 Å². The Morgan fingerprint density at radius 1 is 1.40 bits per heavy atom. The van der Waals surface area contributed by atoms with Crippen LogP contribution in [0.15, 0.2) is 29.3 Å². The third-order valence-electron chi connectivity index (χ3n) is 2.31. The number of rotatable bonds is 4. The summed E-state index contributed by atoms with van der Waals surface area (Å²) in [5.41, 5.74) is 7.30. The van der Waals surface area contributed by atoms with Gasteiger partial charge >= 0.3 is 5.97 Å². The van der Waals surface area contributed by atoms with Crippen LogP contribution in [0.5, 0.6) is 0 Å². The molecular weight excluding hydrogens is 254 g/mol. The van der Waals surface area contributed by atoms with Crippen LogP contribution in [0.25, 0.3) is 0 Å². The zero-order valence-corrected chi connectivity index (χ0v) is 12.6. The van der Waals surface area contributed by atoms with Gasteiger partial charge in [-0.2, -0.15) is 0 Å². The summed E-state index contributed by atoms with van der Waals surface area (Å²) in [5, 5.41) is 2.98. The van der Waals surface area contributed by atoms with Crippen molar-refractivity contribution in [2.75, 3.05) is 11.9 Å². The van der Waals surface area contributed by atoms with Crippen molar-refractivity contribution in [3.63, 3.8) is 0 Å². The number of carbonyl (C=O) groups excluding carboxylic acids is 1. The molecule has 20 heavy (non-hydrogen) atoms. The van der Waals surface area contributed by atoms with Crippen LogP contribution in [-0.2, 0) is 9.53 Å². The second-order valence-corrected chi connectivity index (χ2v) is 5.60. The Hall–Kier alpha value is -2.04. The summed E-state index contributed by atoms with van der Waals surface area (Å²) in [6, 6.07) is 7.81. The largest absolute Gasteiger partial charge is 0.460 e. The molecule has 0 fully saturated rings. The summed E-state index contributed by atoms with van der Waals surface area (Å²) in [6.45, 7) is 7.81. The van der Waals surface area contributed by atoms with Gasteiger partial charge in [0, 0.05) is 5.69 Å². The molecule has 0 unspecified atom stereocenters. The van der Waals surface area contributed by atoms with Gasteiger partial charge in [0.05, 0.1) is 13.0 Å². The molecule has 0 spiro atoms. The first-order valence-corrected chi connectivity index (χ1v) is 6.62. The van der Waals surface area contributed by atoms with Crippen molar-refractivity contribution in [3.8, 4) is 0 Å². The number of nitrogens with two attached hydrogens (primary N) is 1. The molecule has 5 nitrogen and oxygen atoms in total. The average molecular weight is 277 g/mol. The molecule has 1 aromatic rings. The number of ether oxygens (including phenoxy) is 1. The molecule has 3 N–H and O–H groups in total. The first-order valence-electron chi connectivity index (χ1n) is 6.62. The van der Waals surface area contributed by atoms with Crippen molar-refractivity contribution in [3.05, 3.63) is 29.8 Å². The zero-order chi connectivity index (χ0) is 15.2. The fourth-order valence-corrected chi connectivity index (χ4v) is 1.57. The number of anilines is 1. The summed E-state index contributed by atoms with van der Waals surface area (Å²) < 4.78 is 5.18. The summed E-state index contributed by atoms with van der Waals surface area (Å²) in [6.07, 6.45) is 0.216. The zero-order valence-electron chi connectivity index (χ0n) is 12.6. The van der Waals surface area contributed by atoms with E-state index in [1.54, 1.807) is 0 Å². The van der Waals surface area contributed by atoms with Crippen LogP contribution in [0, 0.1) is 6.92 Å². The molecule has 0 radical (unpaired) electrons. The summed E-state index contributed by atoms with van der Waals surface area (Å²) >= 11 is 0. The maximum atomic E-state index is 11.5. The first-order chi connectivity index (χ1) is 9.26. The number of aliphatic imine (C=N–C) groups is 1. The maximum absolute atomic E-state index is 11.5. The monoisotopic (exact) mass is 277 g/mol. The third kappa shape index (κ3) is 6.78. The van der Waals surface area contributed by atoms with Gasteiger partial charge in [-0.3, -0.25) is 9.79 Å². The van der Waals surface area contributed by atoms with E-state index in [2.05, 4.69) is 10.3 Å². The predicted molar refractivity (Wildman–Crippen MR) is 81.8 cm³/mol. The Morgan fingerprint density at radius 3 is 2.70 bits per heavy atom. The smallest absolute Gasteiger partial charge is 0.308 e. The van der Waals surface area contributed by atoms with E-state index in [1.807, 2.05) is 52.0 Å². The molecule has 0 saturated heterocycles. The Balaban J connectivity index is 2.41. The van der Waals surface area contributed by atoms with Crippen molar-refractivity contribution < 1.29 is 9.53 Å². The topological polar surface area (TPSA) is 76.7 Å². The quantitative estimate of drug-likeness (QED) is 0.503. The van der Waals surface area contributed by atoms with E-state index in [-0.39, 0.29) is 12.4 Å². The molecule has 0 saturated carbocycles. The predicted octanol–water partition coefficient (Wildman–Crippen LogP) is 2.45. The minimum atomic E-state index is -0.466. The van der Waals surface area contributed by atoms with Gasteiger partial charge in [-0.15, -0.1) is 0 Å². The molecule has 0 heterocycles. The number of carbonyl (C=O) groups is 1. The third-order valence-corrected chi connectivity index (χ3v) is 2.31. The SMILES string of the molecule is Cc1cccc(NC(N)=NCCC(=O)OC(C)(C)C)c1. The second kappa shape index (κ2) is 6.93. The maximum Gasteiger partial charge on any atom is 0.308 e. The van der Waals surface area contributed by atoms with Gasteiger partial charge in [0.2, 0.25) is 0 Å². The minimum Gasteiger partial charge on any atom is -0.460 e. The van der Waals surface area contributed by atoms with Crippen LogP contribution in [-0.4, -0.2) is 24.1 Å². The van der Waals surface area contributed by atoms with E-state index in [4.69, 9.17) is 10.5 Å². The number of hydrogen-bond donors (Lipinski definition) is 2. The lowest BCUT2D eigenvalue weighted by Gasteiger charge is -2.19. The Labute approximate surface area is 120 Å². The van der Waals surface area contributed by atoms with Crippen LogP contribution < -0.4 is 11.1 Å². The molecule has 0 aliphatic rings. The lowest BCUT2D eigenvalue weighted by atomic mass is 10.2. The number of benzene rings is 1. The molecule has 0 atom stereocenters. The van der Waals surface area contributed by atoms with Crippen LogP contribution in [0.4, 0.5) is 5.69 Å². The fourth-order valence-electron chi connectivity index (χ4n) is 1.57. The Bertz CT molecular complexity index is 490. The fraction of sp³-hybridized carbons (Fsp3) is 0.467. The highest BCUT2D eigenvalue weighted by molar-refractivity contribution is 5.92. The van der Waals surface area contributed by atoms with E-state index in [0.717, 1.165) is 11.3 Å². The number of guanidine groups is 1. The van der Waals surface area contributed by atoms with Gasteiger partial charge in [0.25, 0.3) is 0 Å². The Morgan fingerprint density at radius 2 is 2.10 bits per heavy atom. The number of nitrogens with one attached hydrogen (secondary N) is 1. The highest BCUT2D eigenvalue weighted by atomic mass is 16.6. The molecule has 0 amide bonds. The van der Waals surface area contributed by atoms with E-state index in [9.17, 15) is 4.79 Å². The van der Waals surface area contributed by atoms with Crippen LogP contribution >= 0.6 is 0 Å². The Kier molecular flexibility index (Phi) is 5.55.